The van der Waals surface area contributed by atoms with Crippen LogP contribution in [0, 0.1) is 6.92 Å². The zero-order chi connectivity index (χ0) is 27.9. The minimum absolute atomic E-state index is 0.416. The zero-order valence-electron chi connectivity index (χ0n) is 23.8. The maximum absolute atomic E-state index is 5.14. The molecule has 5 aromatic rings. The molecule has 1 unspecified atom stereocenters. The van der Waals surface area contributed by atoms with Crippen molar-refractivity contribution >= 4 is 16.9 Å². The second kappa shape index (κ2) is 10.4. The molecule has 1 atom stereocenters. The number of hydrogen-bond acceptors (Lipinski definition) is 6. The fourth-order valence-corrected chi connectivity index (χ4v) is 6.41. The number of aliphatic imine (C=N–C) groups is 1. The van der Waals surface area contributed by atoms with Crippen LogP contribution in [0.3, 0.4) is 0 Å². The maximum Gasteiger partial charge on any atom is 0.205 e. The second-order valence-electron chi connectivity index (χ2n) is 10.9. The van der Waals surface area contributed by atoms with Crippen LogP contribution < -0.4 is 0 Å². The normalized spacial score (nSPS) is 16.7. The molecule has 1 aliphatic heterocycles. The number of nitrogens with zero attached hydrogens (tertiary/aromatic N) is 7. The number of nitrogens with one attached hydrogen (secondary N) is 1. The minimum Gasteiger partial charge on any atom is -0.348 e. The molecule has 0 saturated carbocycles. The number of fused-ring (bicyclic) bond motifs is 2. The fourth-order valence-electron chi connectivity index (χ4n) is 6.41. The summed E-state index contributed by atoms with van der Waals surface area (Å²) in [5, 5.41) is 14.7. The molecule has 7 rings (SSSR count). The Kier molecular flexibility index (Phi) is 6.46. The summed E-state index contributed by atoms with van der Waals surface area (Å²) in [5.41, 5.74) is 10.3. The smallest absolute Gasteiger partial charge is 0.205 e. The number of aryl methyl sites for hydroxylation is 2. The molecule has 3 aromatic carbocycles. The molecule has 0 amide bonds. The lowest BCUT2D eigenvalue weighted by Crippen LogP contribution is -2.37. The summed E-state index contributed by atoms with van der Waals surface area (Å²) in [4.78, 5) is 12.7. The van der Waals surface area contributed by atoms with E-state index in [1.54, 1.807) is 0 Å². The van der Waals surface area contributed by atoms with Crippen LogP contribution in [0.1, 0.15) is 55.6 Å². The van der Waals surface area contributed by atoms with Gasteiger partial charge < -0.3 is 9.47 Å². The number of likely N-dealkylation sites (N-methyl/N-ethyl adjacent to an activating group) is 1. The summed E-state index contributed by atoms with van der Waals surface area (Å²) < 4.78 is 2.38. The number of H-pyrrole nitrogens is 1. The van der Waals surface area contributed by atoms with Crippen LogP contribution >= 0.6 is 0 Å². The molecule has 1 aliphatic carbocycles. The lowest BCUT2D eigenvalue weighted by Gasteiger charge is -2.28. The molecule has 0 radical (unpaired) electrons. The van der Waals surface area contributed by atoms with Crippen molar-refractivity contribution in [3.05, 3.63) is 95.0 Å². The van der Waals surface area contributed by atoms with Gasteiger partial charge in [0.25, 0.3) is 0 Å². The molecule has 0 bridgehead atoms. The van der Waals surface area contributed by atoms with Gasteiger partial charge in [-0.05, 0) is 72.7 Å². The average molecular weight is 543 g/mol. The van der Waals surface area contributed by atoms with E-state index in [2.05, 4.69) is 99.4 Å². The van der Waals surface area contributed by atoms with Crippen LogP contribution in [0.4, 0.5) is 0 Å². The van der Waals surface area contributed by atoms with Crippen LogP contribution in [0.2, 0.25) is 0 Å². The van der Waals surface area contributed by atoms with E-state index in [0.29, 0.717) is 11.9 Å². The van der Waals surface area contributed by atoms with E-state index < -0.39 is 0 Å². The van der Waals surface area contributed by atoms with Crippen molar-refractivity contribution in [2.75, 3.05) is 6.54 Å². The molecule has 3 heterocycles. The maximum atomic E-state index is 5.14. The Morgan fingerprint density at radius 1 is 0.976 bits per heavy atom. The van der Waals surface area contributed by atoms with Gasteiger partial charge in [0.15, 0.2) is 0 Å². The second-order valence-corrected chi connectivity index (χ2v) is 10.9. The first-order valence-electron chi connectivity index (χ1n) is 14.6. The summed E-state index contributed by atoms with van der Waals surface area (Å²) in [5.74, 6) is 2.80. The van der Waals surface area contributed by atoms with Gasteiger partial charge in [-0.2, -0.15) is 5.21 Å². The number of allylic oxidation sites excluding steroid dienone is 1. The number of rotatable bonds is 7. The summed E-state index contributed by atoms with van der Waals surface area (Å²) in [7, 11) is 0. The molecule has 8 nitrogen and oxygen atoms in total. The van der Waals surface area contributed by atoms with E-state index in [-0.39, 0.29) is 0 Å². The first-order chi connectivity index (χ1) is 20.1. The molecular formula is C33H34N8. The van der Waals surface area contributed by atoms with Gasteiger partial charge >= 0.3 is 0 Å². The van der Waals surface area contributed by atoms with Gasteiger partial charge in [-0.3, -0.25) is 0 Å². The van der Waals surface area contributed by atoms with Crippen molar-refractivity contribution in [2.24, 2.45) is 4.99 Å². The number of hydrogen-bond donors (Lipinski definition) is 1. The topological polar surface area (TPSA) is 87.9 Å². The number of aromatic amines is 1. The predicted octanol–water partition coefficient (Wildman–Crippen LogP) is 6.32. The largest absolute Gasteiger partial charge is 0.348 e. The first kappa shape index (κ1) is 25.4. The average Bonchev–Trinajstić information content (AvgIpc) is 3.75. The Hall–Kier alpha value is -4.59. The van der Waals surface area contributed by atoms with Gasteiger partial charge in [0, 0.05) is 30.6 Å². The van der Waals surface area contributed by atoms with Gasteiger partial charge in [0.1, 0.15) is 11.7 Å². The van der Waals surface area contributed by atoms with Crippen molar-refractivity contribution < 1.29 is 0 Å². The van der Waals surface area contributed by atoms with Crippen LogP contribution in [0.15, 0.2) is 77.4 Å². The Balaban J connectivity index is 1.24. The van der Waals surface area contributed by atoms with E-state index >= 15 is 0 Å². The third-order valence-corrected chi connectivity index (χ3v) is 8.42. The van der Waals surface area contributed by atoms with Crippen molar-refractivity contribution in [3.8, 4) is 22.5 Å². The van der Waals surface area contributed by atoms with Gasteiger partial charge in [0.2, 0.25) is 5.82 Å². The zero-order valence-corrected chi connectivity index (χ0v) is 23.8. The molecule has 206 valence electrons. The molecule has 8 heteroatoms. The van der Waals surface area contributed by atoms with E-state index in [4.69, 9.17) is 9.98 Å². The lowest BCUT2D eigenvalue weighted by molar-refractivity contribution is 0.350. The van der Waals surface area contributed by atoms with E-state index in [1.165, 1.54) is 40.7 Å². The van der Waals surface area contributed by atoms with E-state index in [1.807, 2.05) is 18.2 Å². The molecule has 2 aliphatic rings. The fraction of sp³-hybridized carbons (Fsp3) is 0.303. The summed E-state index contributed by atoms with van der Waals surface area (Å²) in [6.07, 6.45) is 6.75. The number of amidine groups is 1. The molecule has 0 spiro atoms. The standard InChI is InChI=1S/C33H34N8/c1-4-30-35-31-21(3)18-24(33-34-27-12-8-9-13-28(27)40(33)5-2)19-29(31)41(30)20-22-14-16-23(17-15-22)25-10-6-7-11-26(25)32-36-38-39-37-32/h6-7,10-12,14-19,28H,4-5,8-9,13,20H2,1-3H3,(H,36,37,38,39). The molecule has 0 saturated heterocycles. The van der Waals surface area contributed by atoms with Crippen molar-refractivity contribution in [1.82, 2.24) is 35.1 Å². The number of imidazole rings is 1. The molecule has 2 aromatic heterocycles. The highest BCUT2D eigenvalue weighted by atomic mass is 15.5. The van der Waals surface area contributed by atoms with Gasteiger partial charge in [-0.15, -0.1) is 10.2 Å². The van der Waals surface area contributed by atoms with Gasteiger partial charge in [-0.25, -0.2) is 9.98 Å². The van der Waals surface area contributed by atoms with Crippen LogP contribution in [-0.2, 0) is 13.0 Å². The predicted molar refractivity (Wildman–Crippen MR) is 163 cm³/mol. The molecular weight excluding hydrogens is 508 g/mol. The Morgan fingerprint density at radius 3 is 2.56 bits per heavy atom. The SMILES string of the molecule is CCc1nc2c(C)cc(C3=NC4=CCCCC4N3CC)cc2n1Cc1ccc(-c2ccccc2-c2nn[nH]n2)cc1. The van der Waals surface area contributed by atoms with Gasteiger partial charge in [0.05, 0.1) is 22.8 Å². The van der Waals surface area contributed by atoms with E-state index in [0.717, 1.165) is 59.8 Å². The number of benzene rings is 3. The van der Waals surface area contributed by atoms with Crippen molar-refractivity contribution in [1.29, 1.82) is 0 Å². The van der Waals surface area contributed by atoms with Crippen LogP contribution in [0.25, 0.3) is 33.5 Å². The highest BCUT2D eigenvalue weighted by Gasteiger charge is 2.33. The number of tetrazole rings is 1. The summed E-state index contributed by atoms with van der Waals surface area (Å²) in [6, 6.07) is 21.9. The first-order valence-corrected chi connectivity index (χ1v) is 14.6. The quantitative estimate of drug-likeness (QED) is 0.260. The number of aromatic nitrogens is 6. The molecule has 1 N–H and O–H groups in total. The molecule has 0 fully saturated rings. The van der Waals surface area contributed by atoms with E-state index in [9.17, 15) is 0 Å². The van der Waals surface area contributed by atoms with Crippen molar-refractivity contribution in [3.63, 3.8) is 0 Å². The van der Waals surface area contributed by atoms with Gasteiger partial charge in [-0.1, -0.05) is 61.5 Å². The monoisotopic (exact) mass is 542 g/mol. The Bertz CT molecular complexity index is 1780. The highest BCUT2D eigenvalue weighted by Crippen LogP contribution is 2.34. The highest BCUT2D eigenvalue weighted by molar-refractivity contribution is 6.04. The van der Waals surface area contributed by atoms with Crippen LogP contribution in [0.5, 0.6) is 0 Å². The third kappa shape index (κ3) is 4.43. The van der Waals surface area contributed by atoms with Crippen molar-refractivity contribution in [2.45, 2.75) is 59.0 Å². The van der Waals surface area contributed by atoms with Crippen LogP contribution in [-0.4, -0.2) is 53.5 Å². The summed E-state index contributed by atoms with van der Waals surface area (Å²) in [6.45, 7) is 8.31. The third-order valence-electron chi connectivity index (χ3n) is 8.42. The Morgan fingerprint density at radius 2 is 1.80 bits per heavy atom. The lowest BCUT2D eigenvalue weighted by atomic mass is 9.98. The summed E-state index contributed by atoms with van der Waals surface area (Å²) >= 11 is 0. The minimum atomic E-state index is 0.416. The molecule has 41 heavy (non-hydrogen) atoms. The Labute approximate surface area is 239 Å².